The number of carbonyl (C=O) groups is 2. The molecule has 0 bridgehead atoms. The normalized spacial score (nSPS) is 14.1. The number of amides is 2. The molecule has 32 heavy (non-hydrogen) atoms. The van der Waals surface area contributed by atoms with Crippen LogP contribution >= 0.6 is 0 Å². The molecule has 0 fully saturated rings. The van der Waals surface area contributed by atoms with Gasteiger partial charge in [0.2, 0.25) is 0 Å². The van der Waals surface area contributed by atoms with E-state index in [0.29, 0.717) is 11.5 Å². The number of hydrogen-bond acceptors (Lipinski definition) is 4. The van der Waals surface area contributed by atoms with E-state index in [2.05, 4.69) is 5.32 Å². The van der Waals surface area contributed by atoms with Gasteiger partial charge in [-0.3, -0.25) is 9.59 Å². The molecule has 0 radical (unpaired) electrons. The number of hydrogen-bond donors (Lipinski definition) is 1. The highest BCUT2D eigenvalue weighted by Crippen LogP contribution is 2.35. The van der Waals surface area contributed by atoms with Crippen LogP contribution in [0.4, 0.5) is 5.69 Å². The summed E-state index contributed by atoms with van der Waals surface area (Å²) in [5.74, 6) is 0.653. The van der Waals surface area contributed by atoms with E-state index in [1.807, 2.05) is 80.6 Å². The van der Waals surface area contributed by atoms with Crippen LogP contribution in [0.1, 0.15) is 28.3 Å². The molecule has 1 unspecified atom stereocenters. The third kappa shape index (κ3) is 4.17. The average Bonchev–Trinajstić information content (AvgIpc) is 2.96. The summed E-state index contributed by atoms with van der Waals surface area (Å²) in [4.78, 5) is 28.4. The summed E-state index contributed by atoms with van der Waals surface area (Å²) in [6.45, 7) is 3.94. The van der Waals surface area contributed by atoms with Gasteiger partial charge in [-0.2, -0.15) is 0 Å². The van der Waals surface area contributed by atoms with Crippen molar-refractivity contribution in [3.05, 3.63) is 89.0 Å². The average molecular weight is 431 g/mol. The molecule has 164 valence electrons. The SMILES string of the molecule is COc1cccc2c1CN(C(C(=O)Nc1c(C)cccc1C)c1ccccc1)C(=O)CO2. The summed E-state index contributed by atoms with van der Waals surface area (Å²) < 4.78 is 11.3. The highest BCUT2D eigenvalue weighted by molar-refractivity contribution is 5.99. The van der Waals surface area contributed by atoms with Gasteiger partial charge < -0.3 is 19.7 Å². The van der Waals surface area contributed by atoms with Gasteiger partial charge in [0.1, 0.15) is 17.5 Å². The molecule has 1 atom stereocenters. The van der Waals surface area contributed by atoms with Gasteiger partial charge in [-0.1, -0.05) is 54.6 Å². The molecule has 2 amide bonds. The number of rotatable bonds is 5. The fourth-order valence-electron chi connectivity index (χ4n) is 4.06. The number of para-hydroxylation sites is 1. The molecule has 1 aliphatic rings. The molecule has 0 aromatic heterocycles. The lowest BCUT2D eigenvalue weighted by molar-refractivity contribution is -0.140. The maximum Gasteiger partial charge on any atom is 0.261 e. The predicted molar refractivity (Wildman–Crippen MR) is 123 cm³/mol. The molecule has 1 heterocycles. The van der Waals surface area contributed by atoms with Crippen molar-refractivity contribution < 1.29 is 19.1 Å². The Kier molecular flexibility index (Phi) is 6.12. The maximum atomic E-state index is 13.7. The summed E-state index contributed by atoms with van der Waals surface area (Å²) in [5, 5.41) is 3.06. The van der Waals surface area contributed by atoms with E-state index >= 15 is 0 Å². The number of benzene rings is 3. The lowest BCUT2D eigenvalue weighted by atomic mass is 10.0. The first-order valence-corrected chi connectivity index (χ1v) is 10.5. The Labute approximate surface area is 187 Å². The van der Waals surface area contributed by atoms with E-state index in [4.69, 9.17) is 9.47 Å². The zero-order valence-electron chi connectivity index (χ0n) is 18.4. The van der Waals surface area contributed by atoms with Crippen molar-refractivity contribution in [2.45, 2.75) is 26.4 Å². The Bertz CT molecular complexity index is 1120. The van der Waals surface area contributed by atoms with Crippen LogP contribution in [0, 0.1) is 13.8 Å². The van der Waals surface area contributed by atoms with Gasteiger partial charge in [-0.05, 0) is 42.7 Å². The van der Waals surface area contributed by atoms with E-state index in [-0.39, 0.29) is 25.0 Å². The van der Waals surface area contributed by atoms with Crippen molar-refractivity contribution in [3.8, 4) is 11.5 Å². The van der Waals surface area contributed by atoms with E-state index in [9.17, 15) is 9.59 Å². The topological polar surface area (TPSA) is 67.9 Å². The van der Waals surface area contributed by atoms with Crippen molar-refractivity contribution in [2.24, 2.45) is 0 Å². The zero-order chi connectivity index (χ0) is 22.7. The number of nitrogens with zero attached hydrogens (tertiary/aromatic N) is 1. The Morgan fingerprint density at radius 2 is 1.69 bits per heavy atom. The molecule has 0 saturated carbocycles. The minimum atomic E-state index is -0.831. The summed E-state index contributed by atoms with van der Waals surface area (Å²) in [7, 11) is 1.58. The largest absolute Gasteiger partial charge is 0.496 e. The van der Waals surface area contributed by atoms with Crippen LogP contribution in [-0.4, -0.2) is 30.4 Å². The minimum absolute atomic E-state index is 0.153. The van der Waals surface area contributed by atoms with Crippen LogP contribution in [0.3, 0.4) is 0 Å². The van der Waals surface area contributed by atoms with Gasteiger partial charge in [-0.15, -0.1) is 0 Å². The lowest BCUT2D eigenvalue weighted by Gasteiger charge is -2.30. The van der Waals surface area contributed by atoms with E-state index in [1.165, 1.54) is 0 Å². The molecule has 0 spiro atoms. The molecular weight excluding hydrogens is 404 g/mol. The van der Waals surface area contributed by atoms with Gasteiger partial charge >= 0.3 is 0 Å². The molecule has 0 saturated heterocycles. The van der Waals surface area contributed by atoms with Crippen LogP contribution in [0.5, 0.6) is 11.5 Å². The second kappa shape index (κ2) is 9.14. The Hall–Kier alpha value is -3.80. The molecule has 3 aromatic carbocycles. The van der Waals surface area contributed by atoms with E-state index < -0.39 is 6.04 Å². The molecule has 3 aromatic rings. The molecular formula is C26H26N2O4. The fourth-order valence-corrected chi connectivity index (χ4v) is 4.06. The Balaban J connectivity index is 1.76. The number of nitrogens with one attached hydrogen (secondary N) is 1. The second-order valence-electron chi connectivity index (χ2n) is 7.82. The first-order chi connectivity index (χ1) is 15.5. The third-order valence-corrected chi connectivity index (χ3v) is 5.71. The first kappa shape index (κ1) is 21.4. The third-order valence-electron chi connectivity index (χ3n) is 5.71. The van der Waals surface area contributed by atoms with Crippen LogP contribution in [0.2, 0.25) is 0 Å². The molecule has 4 rings (SSSR count). The minimum Gasteiger partial charge on any atom is -0.496 e. The van der Waals surface area contributed by atoms with Crippen LogP contribution < -0.4 is 14.8 Å². The van der Waals surface area contributed by atoms with Crippen molar-refractivity contribution in [3.63, 3.8) is 0 Å². The van der Waals surface area contributed by atoms with Gasteiger partial charge in [0.15, 0.2) is 6.61 Å². The first-order valence-electron chi connectivity index (χ1n) is 10.5. The van der Waals surface area contributed by atoms with Gasteiger partial charge in [0, 0.05) is 5.69 Å². The van der Waals surface area contributed by atoms with Crippen LogP contribution in [-0.2, 0) is 16.1 Å². The predicted octanol–water partition coefficient (Wildman–Crippen LogP) is 4.41. The number of aryl methyl sites for hydroxylation is 2. The van der Waals surface area contributed by atoms with Gasteiger partial charge in [0.05, 0.1) is 19.2 Å². The van der Waals surface area contributed by atoms with Crippen molar-refractivity contribution in [1.82, 2.24) is 4.90 Å². The summed E-state index contributed by atoms with van der Waals surface area (Å²) in [6, 6.07) is 19.8. The van der Waals surface area contributed by atoms with Crippen LogP contribution in [0.25, 0.3) is 0 Å². The summed E-state index contributed by atoms with van der Waals surface area (Å²) in [6.07, 6.45) is 0. The number of carbonyl (C=O) groups excluding carboxylic acids is 2. The number of methoxy groups -OCH3 is 1. The molecule has 6 nitrogen and oxygen atoms in total. The monoisotopic (exact) mass is 430 g/mol. The van der Waals surface area contributed by atoms with Crippen molar-refractivity contribution >= 4 is 17.5 Å². The zero-order valence-corrected chi connectivity index (χ0v) is 18.4. The Morgan fingerprint density at radius 1 is 1.00 bits per heavy atom. The quantitative estimate of drug-likeness (QED) is 0.651. The number of anilines is 1. The standard InChI is InChI=1S/C26H26N2O4/c1-17-9-7-10-18(2)24(17)27-26(30)25(19-11-5-4-6-12-19)28-15-20-21(31-3)13-8-14-22(20)32-16-23(28)29/h4-14,25H,15-16H2,1-3H3,(H,27,30). The van der Waals surface area contributed by atoms with E-state index in [0.717, 1.165) is 27.9 Å². The molecule has 0 aliphatic carbocycles. The fraction of sp³-hybridized carbons (Fsp3) is 0.231. The Morgan fingerprint density at radius 3 is 2.38 bits per heavy atom. The maximum absolute atomic E-state index is 13.7. The summed E-state index contributed by atoms with van der Waals surface area (Å²) in [5.41, 5.74) is 4.14. The van der Waals surface area contributed by atoms with E-state index in [1.54, 1.807) is 12.0 Å². The van der Waals surface area contributed by atoms with Crippen LogP contribution in [0.15, 0.2) is 66.7 Å². The van der Waals surface area contributed by atoms with Gasteiger partial charge in [-0.25, -0.2) is 0 Å². The smallest absolute Gasteiger partial charge is 0.261 e. The van der Waals surface area contributed by atoms with Gasteiger partial charge in [0.25, 0.3) is 11.8 Å². The highest BCUT2D eigenvalue weighted by Gasteiger charge is 2.35. The highest BCUT2D eigenvalue weighted by atomic mass is 16.5. The van der Waals surface area contributed by atoms with Crippen molar-refractivity contribution in [1.29, 1.82) is 0 Å². The number of ether oxygens (including phenoxy) is 2. The number of fused-ring (bicyclic) bond motifs is 1. The van der Waals surface area contributed by atoms with Crippen molar-refractivity contribution in [2.75, 3.05) is 19.0 Å². The molecule has 6 heteroatoms. The summed E-state index contributed by atoms with van der Waals surface area (Å²) >= 11 is 0. The second-order valence-corrected chi connectivity index (χ2v) is 7.82. The lowest BCUT2D eigenvalue weighted by Crippen LogP contribution is -2.42. The molecule has 1 N–H and O–H groups in total. The molecule has 1 aliphatic heterocycles.